The first-order valence-corrected chi connectivity index (χ1v) is 9.39. The number of nitrogens with two attached hydrogens (primary N) is 1. The van der Waals surface area contributed by atoms with Crippen molar-refractivity contribution in [3.63, 3.8) is 0 Å². The highest BCUT2D eigenvalue weighted by atomic mass is 32.1. The zero-order valence-corrected chi connectivity index (χ0v) is 16.0. The lowest BCUT2D eigenvalue weighted by Gasteiger charge is -2.28. The van der Waals surface area contributed by atoms with Crippen LogP contribution in [-0.2, 0) is 16.0 Å². The first-order valence-electron chi connectivity index (χ1n) is 8.51. The van der Waals surface area contributed by atoms with Gasteiger partial charge in [-0.15, -0.1) is 11.3 Å². The van der Waals surface area contributed by atoms with E-state index in [4.69, 9.17) is 10.4 Å². The molecule has 0 bridgehead atoms. The number of aromatic carboxylic acids is 1. The van der Waals surface area contributed by atoms with E-state index in [2.05, 4.69) is 20.8 Å². The smallest absolute Gasteiger partial charge is 0.534 e. The largest absolute Gasteiger partial charge is 0.547 e. The van der Waals surface area contributed by atoms with E-state index in [9.17, 15) is 29.7 Å². The lowest BCUT2D eigenvalue weighted by Crippen LogP contribution is -2.54. The molecule has 2 amide bonds. The molecular weight excluding hydrogens is 417 g/mol. The number of hydrogen-bond donors (Lipinski definition) is 6. The average molecular weight is 433 g/mol. The van der Waals surface area contributed by atoms with Crippen LogP contribution in [0.25, 0.3) is 0 Å². The van der Waals surface area contributed by atoms with Gasteiger partial charge in [-0.3, -0.25) is 9.59 Å². The van der Waals surface area contributed by atoms with Gasteiger partial charge in [0.15, 0.2) is 10.8 Å². The number of carboxylic acids is 1. The van der Waals surface area contributed by atoms with E-state index in [0.717, 1.165) is 11.3 Å². The molecule has 7 N–H and O–H groups in total. The molecule has 1 aliphatic rings. The molecular formula is C16H16BN5O7S. The minimum absolute atomic E-state index is 0.0312. The van der Waals surface area contributed by atoms with E-state index < -0.39 is 36.6 Å². The van der Waals surface area contributed by atoms with Crippen molar-refractivity contribution in [3.05, 3.63) is 40.4 Å². The molecule has 1 aliphatic heterocycles. The molecule has 3 rings (SSSR count). The van der Waals surface area contributed by atoms with Gasteiger partial charge < -0.3 is 36.4 Å². The number of fused-ring (bicyclic) bond motifs is 1. The molecule has 2 heterocycles. The Kier molecular flexibility index (Phi) is 6.18. The number of benzene rings is 1. The molecule has 0 saturated carbocycles. The van der Waals surface area contributed by atoms with E-state index in [1.165, 1.54) is 17.5 Å². The fraction of sp³-hybridized carbons (Fsp3) is 0.188. The van der Waals surface area contributed by atoms with Crippen LogP contribution in [0.4, 0.5) is 5.13 Å². The number of rotatable bonds is 7. The van der Waals surface area contributed by atoms with Crippen LogP contribution in [0.2, 0.25) is 0 Å². The Balaban J connectivity index is 1.73. The predicted octanol–water partition coefficient (Wildman–Crippen LogP) is -0.944. The Morgan fingerprint density at radius 3 is 2.83 bits per heavy atom. The van der Waals surface area contributed by atoms with Gasteiger partial charge in [0.25, 0.3) is 5.91 Å². The van der Waals surface area contributed by atoms with Crippen molar-refractivity contribution in [2.75, 3.05) is 11.9 Å². The number of anilines is 1. The third kappa shape index (κ3) is 4.50. The molecule has 0 aliphatic carbocycles. The maximum atomic E-state index is 12.6. The molecule has 1 aromatic carbocycles. The van der Waals surface area contributed by atoms with Gasteiger partial charge >= 0.3 is 13.1 Å². The monoisotopic (exact) mass is 433 g/mol. The summed E-state index contributed by atoms with van der Waals surface area (Å²) in [7, 11) is -1.52. The minimum atomic E-state index is -1.52. The number of aromatic nitrogens is 1. The molecule has 0 spiro atoms. The highest BCUT2D eigenvalue weighted by Crippen LogP contribution is 2.30. The molecule has 2 aromatic rings. The van der Waals surface area contributed by atoms with Crippen molar-refractivity contribution in [1.82, 2.24) is 10.3 Å². The maximum absolute atomic E-state index is 12.6. The molecule has 1 aromatic heterocycles. The summed E-state index contributed by atoms with van der Waals surface area (Å²) in [5, 5.41) is 38.5. The van der Waals surface area contributed by atoms with Crippen molar-refractivity contribution in [3.8, 4) is 5.75 Å². The zero-order valence-electron chi connectivity index (χ0n) is 15.2. The van der Waals surface area contributed by atoms with Crippen LogP contribution >= 0.6 is 11.3 Å². The van der Waals surface area contributed by atoms with Crippen molar-refractivity contribution in [2.45, 2.75) is 12.4 Å². The highest BCUT2D eigenvalue weighted by Gasteiger charge is 2.38. The Morgan fingerprint density at radius 1 is 1.40 bits per heavy atom. The Morgan fingerprint density at radius 2 is 2.17 bits per heavy atom. The number of para-hydroxylation sites is 1. The molecule has 0 unspecified atom stereocenters. The Labute approximate surface area is 173 Å². The van der Waals surface area contributed by atoms with Gasteiger partial charge in [-0.2, -0.15) is 0 Å². The number of carbonyl (C=O) groups is 3. The number of carboxylic acid groups (broad SMARTS) is 1. The van der Waals surface area contributed by atoms with Crippen molar-refractivity contribution >= 4 is 47.1 Å². The SMILES string of the molecule is NC(=O)CNc1nc(/C(=N/O)C(=O)N[C@H]2Cc3cccc(C(=O)O)c3OB2O)cs1. The van der Waals surface area contributed by atoms with Crippen molar-refractivity contribution in [2.24, 2.45) is 10.9 Å². The minimum Gasteiger partial charge on any atom is -0.534 e. The lowest BCUT2D eigenvalue weighted by atomic mass is 9.72. The first kappa shape index (κ1) is 21.1. The van der Waals surface area contributed by atoms with Gasteiger partial charge in [0.2, 0.25) is 5.91 Å². The number of primary amides is 1. The fourth-order valence-electron chi connectivity index (χ4n) is 2.79. The maximum Gasteiger partial charge on any atom is 0.547 e. The standard InChI is InChI=1S/C16H16BN5O7S/c18-11(23)5-19-16-20-9(6-30-16)12(22-28)14(24)21-10-4-7-2-1-3-8(15(25)26)13(7)29-17(10)27/h1-3,6,10,27-28H,4-5H2,(H2,18,23)(H,19,20)(H,21,24)(H,25,26)/b22-12-/t10-/m0/s1. The van der Waals surface area contributed by atoms with Gasteiger partial charge in [0.05, 0.1) is 18.0 Å². The van der Waals surface area contributed by atoms with E-state index in [1.54, 1.807) is 6.07 Å². The number of oxime groups is 1. The summed E-state index contributed by atoms with van der Waals surface area (Å²) < 4.78 is 5.31. The molecule has 12 nitrogen and oxygen atoms in total. The van der Waals surface area contributed by atoms with Crippen molar-refractivity contribution in [1.29, 1.82) is 0 Å². The summed E-state index contributed by atoms with van der Waals surface area (Å²) in [5.41, 5.74) is 5.03. The Hall–Kier alpha value is -3.65. The molecule has 14 heteroatoms. The van der Waals surface area contributed by atoms with Crippen LogP contribution in [-0.4, -0.2) is 63.4 Å². The van der Waals surface area contributed by atoms with Crippen LogP contribution in [0.1, 0.15) is 21.6 Å². The third-order valence-electron chi connectivity index (χ3n) is 4.14. The highest BCUT2D eigenvalue weighted by molar-refractivity contribution is 7.14. The fourth-order valence-corrected chi connectivity index (χ4v) is 3.49. The van der Waals surface area contributed by atoms with Gasteiger partial charge in [-0.05, 0) is 18.1 Å². The van der Waals surface area contributed by atoms with Gasteiger partial charge in [-0.1, -0.05) is 17.3 Å². The van der Waals surface area contributed by atoms with Crippen LogP contribution < -0.4 is 21.0 Å². The van der Waals surface area contributed by atoms with E-state index in [1.807, 2.05) is 0 Å². The number of amides is 2. The number of nitrogens with zero attached hydrogens (tertiary/aromatic N) is 2. The zero-order chi connectivity index (χ0) is 21.8. The summed E-state index contributed by atoms with van der Waals surface area (Å²) in [6.45, 7) is -0.159. The summed E-state index contributed by atoms with van der Waals surface area (Å²) in [5.74, 6) is -3.55. The van der Waals surface area contributed by atoms with E-state index >= 15 is 0 Å². The summed E-state index contributed by atoms with van der Waals surface area (Å²) in [6.07, 6.45) is 0.0878. The number of thiazole rings is 1. The Bertz CT molecular complexity index is 1030. The number of hydrogen-bond acceptors (Lipinski definition) is 10. The second-order valence-corrected chi connectivity index (χ2v) is 7.06. The normalized spacial score (nSPS) is 15.7. The van der Waals surface area contributed by atoms with E-state index in [0.29, 0.717) is 5.56 Å². The quantitative estimate of drug-likeness (QED) is 0.138. The molecule has 0 saturated heterocycles. The summed E-state index contributed by atoms with van der Waals surface area (Å²) >= 11 is 1.06. The van der Waals surface area contributed by atoms with Crippen LogP contribution in [0, 0.1) is 0 Å². The molecule has 0 fully saturated rings. The van der Waals surface area contributed by atoms with Crippen LogP contribution in [0.15, 0.2) is 28.7 Å². The third-order valence-corrected chi connectivity index (χ3v) is 4.94. The summed E-state index contributed by atoms with van der Waals surface area (Å²) in [4.78, 5) is 38.7. The molecule has 1 atom stereocenters. The molecule has 156 valence electrons. The van der Waals surface area contributed by atoms with Gasteiger partial charge in [0.1, 0.15) is 11.4 Å². The molecule has 0 radical (unpaired) electrons. The topological polar surface area (TPSA) is 196 Å². The number of carbonyl (C=O) groups excluding carboxylic acids is 2. The van der Waals surface area contributed by atoms with Gasteiger partial charge in [0, 0.05) is 5.38 Å². The second kappa shape index (κ2) is 8.79. The van der Waals surface area contributed by atoms with Gasteiger partial charge in [-0.25, -0.2) is 9.78 Å². The molecule has 30 heavy (non-hydrogen) atoms. The average Bonchev–Trinajstić information content (AvgIpc) is 3.15. The van der Waals surface area contributed by atoms with Crippen LogP contribution in [0.5, 0.6) is 5.75 Å². The first-order chi connectivity index (χ1) is 14.3. The lowest BCUT2D eigenvalue weighted by molar-refractivity contribution is -0.116. The predicted molar refractivity (Wildman–Crippen MR) is 106 cm³/mol. The van der Waals surface area contributed by atoms with Crippen molar-refractivity contribution < 1.29 is 34.4 Å². The second-order valence-electron chi connectivity index (χ2n) is 6.20. The number of nitrogens with one attached hydrogen (secondary N) is 2. The van der Waals surface area contributed by atoms with E-state index in [-0.39, 0.29) is 35.1 Å². The van der Waals surface area contributed by atoms with Crippen LogP contribution in [0.3, 0.4) is 0 Å². The summed E-state index contributed by atoms with van der Waals surface area (Å²) in [6, 6.07) is 4.49.